The van der Waals surface area contributed by atoms with Crippen LogP contribution in [0.25, 0.3) is 32.7 Å². The maximum atomic E-state index is 6.16. The molecule has 0 saturated heterocycles. The molecule has 100 valence electrons. The Labute approximate surface area is 123 Å². The number of nitrogens with two attached hydrogens (primary N) is 1. The molecular formula is C20H15N. The molecule has 1 heteroatoms. The first-order chi connectivity index (χ1) is 10.3. The van der Waals surface area contributed by atoms with Gasteiger partial charge in [-0.1, -0.05) is 60.7 Å². The summed E-state index contributed by atoms with van der Waals surface area (Å²) in [6.45, 7) is 0. The molecule has 0 saturated carbocycles. The molecule has 0 unspecified atom stereocenters. The molecule has 0 atom stereocenters. The Hall–Kier alpha value is -2.80. The van der Waals surface area contributed by atoms with Gasteiger partial charge < -0.3 is 5.73 Å². The lowest BCUT2D eigenvalue weighted by molar-refractivity contribution is 1.64. The van der Waals surface area contributed by atoms with Crippen LogP contribution in [0.1, 0.15) is 0 Å². The SMILES string of the molecule is Nc1ccccc1-c1cccc2cc3ccccc3cc12. The lowest BCUT2D eigenvalue weighted by Crippen LogP contribution is -1.90. The summed E-state index contributed by atoms with van der Waals surface area (Å²) in [6.07, 6.45) is 0. The van der Waals surface area contributed by atoms with E-state index in [1.165, 1.54) is 27.1 Å². The van der Waals surface area contributed by atoms with Crippen LogP contribution in [-0.2, 0) is 0 Å². The van der Waals surface area contributed by atoms with Crippen LogP contribution in [-0.4, -0.2) is 0 Å². The van der Waals surface area contributed by atoms with Gasteiger partial charge >= 0.3 is 0 Å². The molecule has 0 radical (unpaired) electrons. The van der Waals surface area contributed by atoms with E-state index < -0.39 is 0 Å². The molecule has 21 heavy (non-hydrogen) atoms. The van der Waals surface area contributed by atoms with E-state index in [-0.39, 0.29) is 0 Å². The van der Waals surface area contributed by atoms with Crippen LogP contribution < -0.4 is 5.73 Å². The minimum Gasteiger partial charge on any atom is -0.398 e. The minimum absolute atomic E-state index is 0.818. The zero-order valence-electron chi connectivity index (χ0n) is 11.6. The molecule has 4 rings (SSSR count). The van der Waals surface area contributed by atoms with Crippen molar-refractivity contribution in [2.24, 2.45) is 0 Å². The van der Waals surface area contributed by atoms with Crippen LogP contribution in [0.5, 0.6) is 0 Å². The van der Waals surface area contributed by atoms with Crippen LogP contribution in [0, 0.1) is 0 Å². The fourth-order valence-corrected chi connectivity index (χ4v) is 2.94. The monoisotopic (exact) mass is 269 g/mol. The van der Waals surface area contributed by atoms with Gasteiger partial charge in [-0.2, -0.15) is 0 Å². The van der Waals surface area contributed by atoms with E-state index in [9.17, 15) is 0 Å². The highest BCUT2D eigenvalue weighted by molar-refractivity contribution is 6.06. The van der Waals surface area contributed by atoms with Crippen molar-refractivity contribution in [3.8, 4) is 11.1 Å². The maximum absolute atomic E-state index is 6.16. The Morgan fingerprint density at radius 2 is 1.14 bits per heavy atom. The van der Waals surface area contributed by atoms with E-state index in [1.807, 2.05) is 18.2 Å². The molecule has 0 heterocycles. The van der Waals surface area contributed by atoms with Crippen LogP contribution in [0.4, 0.5) is 5.69 Å². The number of anilines is 1. The summed E-state index contributed by atoms with van der Waals surface area (Å²) >= 11 is 0. The average Bonchev–Trinajstić information content (AvgIpc) is 2.53. The van der Waals surface area contributed by atoms with E-state index in [0.29, 0.717) is 0 Å². The molecule has 4 aromatic carbocycles. The van der Waals surface area contributed by atoms with Gasteiger partial charge in [-0.05, 0) is 45.3 Å². The Morgan fingerprint density at radius 3 is 1.95 bits per heavy atom. The molecule has 1 nitrogen and oxygen atoms in total. The van der Waals surface area contributed by atoms with Crippen molar-refractivity contribution in [1.82, 2.24) is 0 Å². The van der Waals surface area contributed by atoms with Crippen LogP contribution in [0.3, 0.4) is 0 Å². The second-order valence-corrected chi connectivity index (χ2v) is 5.31. The van der Waals surface area contributed by atoms with Gasteiger partial charge in [-0.25, -0.2) is 0 Å². The third-order valence-corrected chi connectivity index (χ3v) is 4.00. The highest BCUT2D eigenvalue weighted by Gasteiger charge is 2.07. The van der Waals surface area contributed by atoms with Gasteiger partial charge in [-0.15, -0.1) is 0 Å². The fraction of sp³-hybridized carbons (Fsp3) is 0. The Kier molecular flexibility index (Phi) is 2.65. The molecule has 0 fully saturated rings. The molecule has 4 aromatic rings. The Bertz CT molecular complexity index is 954. The van der Waals surface area contributed by atoms with E-state index in [2.05, 4.69) is 60.7 Å². The van der Waals surface area contributed by atoms with Crippen molar-refractivity contribution in [2.45, 2.75) is 0 Å². The first-order valence-corrected chi connectivity index (χ1v) is 7.09. The smallest absolute Gasteiger partial charge is 0.0393 e. The Morgan fingerprint density at radius 1 is 0.524 bits per heavy atom. The summed E-state index contributed by atoms with van der Waals surface area (Å²) in [5.74, 6) is 0. The third-order valence-electron chi connectivity index (χ3n) is 4.00. The predicted molar refractivity (Wildman–Crippen MR) is 91.3 cm³/mol. The summed E-state index contributed by atoms with van der Waals surface area (Å²) in [6, 6.07) is 27.4. The van der Waals surface area contributed by atoms with E-state index >= 15 is 0 Å². The number of para-hydroxylation sites is 1. The molecule has 0 spiro atoms. The second kappa shape index (κ2) is 4.64. The highest BCUT2D eigenvalue weighted by Crippen LogP contribution is 2.34. The van der Waals surface area contributed by atoms with Crippen LogP contribution >= 0.6 is 0 Å². The van der Waals surface area contributed by atoms with Crippen LogP contribution in [0.15, 0.2) is 78.9 Å². The quantitative estimate of drug-likeness (QED) is 0.371. The fourth-order valence-electron chi connectivity index (χ4n) is 2.94. The van der Waals surface area contributed by atoms with Gasteiger partial charge in [0.25, 0.3) is 0 Å². The van der Waals surface area contributed by atoms with Gasteiger partial charge in [0.1, 0.15) is 0 Å². The average molecular weight is 269 g/mol. The largest absolute Gasteiger partial charge is 0.398 e. The Balaban J connectivity index is 2.10. The zero-order valence-corrected chi connectivity index (χ0v) is 11.6. The molecule has 0 aliphatic rings. The van der Waals surface area contributed by atoms with Gasteiger partial charge in [-0.3, -0.25) is 0 Å². The molecule has 0 amide bonds. The molecule has 0 bridgehead atoms. The first-order valence-electron chi connectivity index (χ1n) is 7.09. The number of benzene rings is 4. The molecule has 0 aliphatic carbocycles. The maximum Gasteiger partial charge on any atom is 0.0393 e. The highest BCUT2D eigenvalue weighted by atomic mass is 14.6. The molecule has 0 aromatic heterocycles. The van der Waals surface area contributed by atoms with Crippen molar-refractivity contribution >= 4 is 27.2 Å². The summed E-state index contributed by atoms with van der Waals surface area (Å²) in [4.78, 5) is 0. The minimum atomic E-state index is 0.818. The van der Waals surface area contributed by atoms with E-state index in [1.54, 1.807) is 0 Å². The van der Waals surface area contributed by atoms with Gasteiger partial charge in [0.05, 0.1) is 0 Å². The van der Waals surface area contributed by atoms with Gasteiger partial charge in [0.2, 0.25) is 0 Å². The molecule has 2 N–H and O–H groups in total. The molecular weight excluding hydrogens is 254 g/mol. The first kappa shape index (κ1) is 12.0. The normalized spacial score (nSPS) is 11.0. The second-order valence-electron chi connectivity index (χ2n) is 5.31. The van der Waals surface area contributed by atoms with E-state index in [0.717, 1.165) is 11.3 Å². The van der Waals surface area contributed by atoms with Crippen molar-refractivity contribution < 1.29 is 0 Å². The summed E-state index contributed by atoms with van der Waals surface area (Å²) in [5.41, 5.74) is 9.26. The third kappa shape index (κ3) is 1.95. The van der Waals surface area contributed by atoms with Crippen molar-refractivity contribution in [2.75, 3.05) is 5.73 Å². The number of hydrogen-bond donors (Lipinski definition) is 1. The number of rotatable bonds is 1. The lowest BCUT2D eigenvalue weighted by atomic mass is 9.95. The summed E-state index contributed by atoms with van der Waals surface area (Å²) < 4.78 is 0. The zero-order chi connectivity index (χ0) is 14.2. The van der Waals surface area contributed by atoms with Gasteiger partial charge in [0.15, 0.2) is 0 Å². The predicted octanol–water partition coefficient (Wildman–Crippen LogP) is 5.24. The van der Waals surface area contributed by atoms with Crippen molar-refractivity contribution in [3.05, 3.63) is 78.9 Å². The number of nitrogen functional groups attached to an aromatic ring is 1. The number of fused-ring (bicyclic) bond motifs is 2. The van der Waals surface area contributed by atoms with E-state index in [4.69, 9.17) is 5.73 Å². The lowest BCUT2D eigenvalue weighted by Gasteiger charge is -2.10. The standard InChI is InChI=1S/C20H15N/c21-20-11-4-3-9-18(20)17-10-5-8-16-12-14-6-1-2-7-15(14)13-19(16)17/h1-13H,21H2. The molecule has 0 aliphatic heterocycles. The van der Waals surface area contributed by atoms with Crippen molar-refractivity contribution in [1.29, 1.82) is 0 Å². The topological polar surface area (TPSA) is 26.0 Å². The van der Waals surface area contributed by atoms with Crippen molar-refractivity contribution in [3.63, 3.8) is 0 Å². The van der Waals surface area contributed by atoms with Crippen LogP contribution in [0.2, 0.25) is 0 Å². The summed E-state index contributed by atoms with van der Waals surface area (Å²) in [7, 11) is 0. The number of hydrogen-bond acceptors (Lipinski definition) is 1. The summed E-state index contributed by atoms with van der Waals surface area (Å²) in [5, 5.41) is 5.01. The van der Waals surface area contributed by atoms with Gasteiger partial charge in [0, 0.05) is 11.3 Å².